The molecule has 0 spiro atoms. The number of fused-ring (bicyclic) bond motifs is 4. The van der Waals surface area contributed by atoms with E-state index in [1.807, 2.05) is 6.20 Å². The van der Waals surface area contributed by atoms with Crippen LogP contribution in [0.25, 0.3) is 11.0 Å². The lowest BCUT2D eigenvalue weighted by Gasteiger charge is -2.36. The second-order valence-electron chi connectivity index (χ2n) is 8.40. The standard InChI is InChI=1S/C22H26N6/c1-2-18(3-1)26-9-5-21-25-19-12-16-4-8-27(22-14-23-6-7-24-22)15-17(16)13-20(19)28(21)11-10-26/h6-7,12-14,18H,1-5,8-11,15H2. The van der Waals surface area contributed by atoms with Crippen molar-refractivity contribution in [2.45, 2.75) is 51.2 Å². The van der Waals surface area contributed by atoms with Gasteiger partial charge in [-0.25, -0.2) is 9.97 Å². The summed E-state index contributed by atoms with van der Waals surface area (Å²) in [4.78, 5) is 18.8. The molecule has 28 heavy (non-hydrogen) atoms. The lowest BCUT2D eigenvalue weighted by atomic mass is 9.91. The van der Waals surface area contributed by atoms with Crippen LogP contribution in [0.15, 0.2) is 30.7 Å². The first-order valence-electron chi connectivity index (χ1n) is 10.6. The van der Waals surface area contributed by atoms with Gasteiger partial charge in [0.2, 0.25) is 0 Å². The van der Waals surface area contributed by atoms with Crippen LogP contribution >= 0.6 is 0 Å². The first-order chi connectivity index (χ1) is 13.8. The number of aromatic nitrogens is 4. The zero-order chi connectivity index (χ0) is 18.5. The van der Waals surface area contributed by atoms with Crippen LogP contribution in [0.2, 0.25) is 0 Å². The number of nitrogens with zero attached hydrogens (tertiary/aromatic N) is 6. The normalized spacial score (nSPS) is 20.5. The maximum atomic E-state index is 5.04. The molecule has 3 aliphatic rings. The summed E-state index contributed by atoms with van der Waals surface area (Å²) in [5, 5.41) is 0. The van der Waals surface area contributed by atoms with Gasteiger partial charge in [0.05, 0.1) is 17.2 Å². The van der Waals surface area contributed by atoms with Crippen LogP contribution in [-0.4, -0.2) is 50.1 Å². The van der Waals surface area contributed by atoms with Crippen molar-refractivity contribution < 1.29 is 0 Å². The van der Waals surface area contributed by atoms with Crippen LogP contribution in [-0.2, 0) is 25.9 Å². The molecule has 0 unspecified atom stereocenters. The SMILES string of the molecule is c1cnc(N2CCc3cc4nc5n(c4cc3C2)CCN(C2CCC2)CC5)cn1. The van der Waals surface area contributed by atoms with Crippen molar-refractivity contribution in [3.8, 4) is 0 Å². The molecule has 0 N–H and O–H groups in total. The predicted octanol–water partition coefficient (Wildman–Crippen LogP) is 2.80. The molecule has 4 heterocycles. The Morgan fingerprint density at radius 2 is 1.89 bits per heavy atom. The molecule has 2 aliphatic heterocycles. The molecule has 1 saturated carbocycles. The summed E-state index contributed by atoms with van der Waals surface area (Å²) in [5.74, 6) is 2.24. The minimum Gasteiger partial charge on any atom is -0.351 e. The third-order valence-corrected chi connectivity index (χ3v) is 6.86. The van der Waals surface area contributed by atoms with Crippen LogP contribution in [0.5, 0.6) is 0 Å². The average Bonchev–Trinajstić information content (AvgIpc) is 2.90. The second-order valence-corrected chi connectivity index (χ2v) is 8.40. The molecular formula is C22H26N6. The van der Waals surface area contributed by atoms with Gasteiger partial charge < -0.3 is 9.47 Å². The summed E-state index contributed by atoms with van der Waals surface area (Å²) in [6.07, 6.45) is 11.7. The quantitative estimate of drug-likeness (QED) is 0.690. The molecular weight excluding hydrogens is 348 g/mol. The van der Waals surface area contributed by atoms with E-state index in [2.05, 4.69) is 36.5 Å². The Balaban J connectivity index is 1.32. The van der Waals surface area contributed by atoms with Gasteiger partial charge >= 0.3 is 0 Å². The zero-order valence-corrected chi connectivity index (χ0v) is 16.2. The van der Waals surface area contributed by atoms with Gasteiger partial charge in [-0.15, -0.1) is 0 Å². The summed E-state index contributed by atoms with van der Waals surface area (Å²) in [7, 11) is 0. The third-order valence-electron chi connectivity index (χ3n) is 6.86. The highest BCUT2D eigenvalue weighted by molar-refractivity contribution is 5.79. The molecule has 6 rings (SSSR count). The molecule has 6 heteroatoms. The number of hydrogen-bond acceptors (Lipinski definition) is 5. The highest BCUT2D eigenvalue weighted by atomic mass is 15.2. The molecule has 0 bridgehead atoms. The Labute approximate surface area is 165 Å². The van der Waals surface area contributed by atoms with Crippen LogP contribution in [0.1, 0.15) is 36.2 Å². The fraction of sp³-hybridized carbons (Fsp3) is 0.500. The van der Waals surface area contributed by atoms with E-state index in [9.17, 15) is 0 Å². The minimum atomic E-state index is 0.823. The smallest absolute Gasteiger partial charge is 0.147 e. The molecule has 1 fully saturated rings. The second kappa shape index (κ2) is 6.55. The number of imidazole rings is 1. The van der Waals surface area contributed by atoms with Gasteiger partial charge in [-0.1, -0.05) is 6.42 Å². The Kier molecular flexibility index (Phi) is 3.86. The molecule has 6 nitrogen and oxygen atoms in total. The number of rotatable bonds is 2. The summed E-state index contributed by atoms with van der Waals surface area (Å²) in [6.45, 7) is 5.27. The molecule has 3 aromatic rings. The number of anilines is 1. The highest BCUT2D eigenvalue weighted by Crippen LogP contribution is 2.30. The molecule has 2 aromatic heterocycles. The molecule has 144 valence electrons. The topological polar surface area (TPSA) is 50.1 Å². The van der Waals surface area contributed by atoms with Crippen molar-refractivity contribution in [3.05, 3.63) is 47.7 Å². The molecule has 0 saturated heterocycles. The van der Waals surface area contributed by atoms with Gasteiger partial charge in [0.25, 0.3) is 0 Å². The summed E-state index contributed by atoms with van der Waals surface area (Å²) >= 11 is 0. The van der Waals surface area contributed by atoms with E-state index in [0.29, 0.717) is 0 Å². The first-order valence-corrected chi connectivity index (χ1v) is 10.6. The summed E-state index contributed by atoms with van der Waals surface area (Å²) in [5.41, 5.74) is 5.34. The van der Waals surface area contributed by atoms with E-state index >= 15 is 0 Å². The highest BCUT2D eigenvalue weighted by Gasteiger charge is 2.28. The van der Waals surface area contributed by atoms with Gasteiger partial charge in [0.1, 0.15) is 11.6 Å². The van der Waals surface area contributed by atoms with Gasteiger partial charge in [-0.3, -0.25) is 9.88 Å². The lowest BCUT2D eigenvalue weighted by Crippen LogP contribution is -2.41. The van der Waals surface area contributed by atoms with E-state index in [0.717, 1.165) is 57.4 Å². The van der Waals surface area contributed by atoms with Crippen molar-refractivity contribution in [1.82, 2.24) is 24.4 Å². The molecule has 0 radical (unpaired) electrons. The average molecular weight is 374 g/mol. The fourth-order valence-electron chi connectivity index (χ4n) is 5.02. The van der Waals surface area contributed by atoms with Gasteiger partial charge in [0.15, 0.2) is 0 Å². The van der Waals surface area contributed by atoms with Gasteiger partial charge in [-0.2, -0.15) is 0 Å². The van der Waals surface area contributed by atoms with Crippen LogP contribution in [0.4, 0.5) is 5.82 Å². The van der Waals surface area contributed by atoms with Crippen molar-refractivity contribution in [1.29, 1.82) is 0 Å². The predicted molar refractivity (Wildman–Crippen MR) is 109 cm³/mol. The third kappa shape index (κ3) is 2.70. The fourth-order valence-corrected chi connectivity index (χ4v) is 5.02. The largest absolute Gasteiger partial charge is 0.351 e. The van der Waals surface area contributed by atoms with Crippen molar-refractivity contribution >= 4 is 16.9 Å². The Bertz CT molecular complexity index is 1010. The van der Waals surface area contributed by atoms with Crippen LogP contribution < -0.4 is 4.90 Å². The van der Waals surface area contributed by atoms with Crippen LogP contribution in [0.3, 0.4) is 0 Å². The zero-order valence-electron chi connectivity index (χ0n) is 16.2. The minimum absolute atomic E-state index is 0.823. The molecule has 0 amide bonds. The van der Waals surface area contributed by atoms with Crippen molar-refractivity contribution in [3.63, 3.8) is 0 Å². The van der Waals surface area contributed by atoms with E-state index in [4.69, 9.17) is 4.98 Å². The number of benzene rings is 1. The summed E-state index contributed by atoms with van der Waals surface area (Å²) < 4.78 is 2.48. The molecule has 1 aliphatic carbocycles. The first kappa shape index (κ1) is 16.5. The molecule has 0 atom stereocenters. The van der Waals surface area contributed by atoms with E-state index < -0.39 is 0 Å². The summed E-state index contributed by atoms with van der Waals surface area (Å²) in [6, 6.07) is 5.55. The van der Waals surface area contributed by atoms with E-state index in [1.54, 1.807) is 12.4 Å². The Morgan fingerprint density at radius 1 is 0.929 bits per heavy atom. The maximum absolute atomic E-state index is 5.04. The van der Waals surface area contributed by atoms with Gasteiger partial charge in [0, 0.05) is 57.6 Å². The monoisotopic (exact) mass is 374 g/mol. The molecule has 1 aromatic carbocycles. The van der Waals surface area contributed by atoms with Gasteiger partial charge in [-0.05, 0) is 42.5 Å². The van der Waals surface area contributed by atoms with E-state index in [-0.39, 0.29) is 0 Å². The van der Waals surface area contributed by atoms with Crippen molar-refractivity contribution in [2.75, 3.05) is 24.5 Å². The lowest BCUT2D eigenvalue weighted by molar-refractivity contribution is 0.130. The van der Waals surface area contributed by atoms with Crippen LogP contribution in [0, 0.1) is 0 Å². The van der Waals surface area contributed by atoms with Crippen molar-refractivity contribution in [2.24, 2.45) is 0 Å². The maximum Gasteiger partial charge on any atom is 0.147 e. The number of hydrogen-bond donors (Lipinski definition) is 0. The Morgan fingerprint density at radius 3 is 2.71 bits per heavy atom. The Hall–Kier alpha value is -2.47. The van der Waals surface area contributed by atoms with E-state index in [1.165, 1.54) is 47.2 Å².